The van der Waals surface area contributed by atoms with Crippen molar-refractivity contribution < 1.29 is 85.4 Å². The molecule has 50 valence electrons. The van der Waals surface area contributed by atoms with Gasteiger partial charge in [0.25, 0.3) is 0 Å². The molecule has 0 unspecified atom stereocenters. The number of nitrogens with zero attached hydrogens (tertiary/aromatic N) is 1. The van der Waals surface area contributed by atoms with Crippen LogP contribution in [0.2, 0.25) is 0 Å². The molecule has 0 N–H and O–H groups in total. The third kappa shape index (κ3) is 240. The van der Waals surface area contributed by atoms with Crippen molar-refractivity contribution in [2.75, 3.05) is 0 Å². The van der Waals surface area contributed by atoms with Crippen molar-refractivity contribution in [3.63, 3.8) is 0 Å². The fourth-order valence-electron chi connectivity index (χ4n) is 0. The Morgan fingerprint density at radius 2 is 1.22 bits per heavy atom. The summed E-state index contributed by atoms with van der Waals surface area (Å²) in [6, 6.07) is 0. The van der Waals surface area contributed by atoms with Gasteiger partial charge in [-0.25, -0.2) is 0 Å². The summed E-state index contributed by atoms with van der Waals surface area (Å²) in [5, 5.41) is 6.25. The Morgan fingerprint density at radius 1 is 1.22 bits per heavy atom. The van der Waals surface area contributed by atoms with Gasteiger partial charge in [0.1, 0.15) is 0 Å². The fraction of sp³-hybridized carbons (Fsp3) is 0. The van der Waals surface area contributed by atoms with Crippen molar-refractivity contribution in [1.29, 1.82) is 5.26 Å². The molecule has 0 aliphatic rings. The zero-order valence-electron chi connectivity index (χ0n) is 4.30. The van der Waals surface area contributed by atoms with Crippen LogP contribution in [0.4, 0.5) is 0 Å². The van der Waals surface area contributed by atoms with E-state index in [1.165, 1.54) is 0 Å². The van der Waals surface area contributed by atoms with Crippen LogP contribution < -0.4 is 51.4 Å². The summed E-state index contributed by atoms with van der Waals surface area (Å²) in [5.74, 6) is 0. The molecule has 8 heteroatoms. The summed E-state index contributed by atoms with van der Waals surface area (Å²) in [4.78, 5) is 0. The SMILES string of the molecule is O=S(=O)([O-])[O-].[C-]#N.[K+].[Ni+2]. The first-order valence-electron chi connectivity index (χ1n) is 0.890. The van der Waals surface area contributed by atoms with Gasteiger partial charge in [0.15, 0.2) is 0 Å². The molecule has 0 spiro atoms. The van der Waals surface area contributed by atoms with Crippen LogP contribution in [0.5, 0.6) is 0 Å². The van der Waals surface area contributed by atoms with Crippen molar-refractivity contribution >= 4 is 10.4 Å². The van der Waals surface area contributed by atoms with E-state index in [4.69, 9.17) is 29.4 Å². The van der Waals surface area contributed by atoms with E-state index < -0.39 is 10.4 Å². The predicted octanol–water partition coefficient (Wildman–Crippen LogP) is -4.24. The summed E-state index contributed by atoms with van der Waals surface area (Å²) in [6.07, 6.45) is 0. The molecule has 0 aliphatic carbocycles. The summed E-state index contributed by atoms with van der Waals surface area (Å²) >= 11 is 0. The Bertz CT molecular complexity index is 132. The summed E-state index contributed by atoms with van der Waals surface area (Å²) in [5.41, 5.74) is 0. The van der Waals surface area contributed by atoms with Crippen LogP contribution in [0.15, 0.2) is 0 Å². The van der Waals surface area contributed by atoms with Crippen molar-refractivity contribution in [3.05, 3.63) is 6.57 Å². The molecule has 0 fully saturated rings. The smallest absolute Gasteiger partial charge is 0.759 e. The van der Waals surface area contributed by atoms with Gasteiger partial charge in [-0.05, 0) is 0 Å². The second-order valence-electron chi connectivity index (χ2n) is 0.408. The van der Waals surface area contributed by atoms with Gasteiger partial charge in [-0.3, -0.25) is 8.42 Å². The van der Waals surface area contributed by atoms with Crippen LogP contribution >= 0.6 is 0 Å². The van der Waals surface area contributed by atoms with Gasteiger partial charge in [-0.1, -0.05) is 0 Å². The minimum Gasteiger partial charge on any atom is -0.759 e. The Morgan fingerprint density at radius 3 is 1.22 bits per heavy atom. The largest absolute Gasteiger partial charge is 2.00 e. The van der Waals surface area contributed by atoms with E-state index in [1.807, 2.05) is 0 Å². The molecule has 0 rings (SSSR count). The molecule has 5 nitrogen and oxygen atoms in total. The van der Waals surface area contributed by atoms with Crippen molar-refractivity contribution in [2.45, 2.75) is 0 Å². The van der Waals surface area contributed by atoms with E-state index in [0.29, 0.717) is 0 Å². The van der Waals surface area contributed by atoms with Gasteiger partial charge < -0.3 is 20.9 Å². The molecule has 0 amide bonds. The first kappa shape index (κ1) is 22.4. The van der Waals surface area contributed by atoms with Crippen LogP contribution in [0.25, 0.3) is 0 Å². The molecule has 0 atom stereocenters. The Balaban J connectivity index is -0.0000000286. The van der Waals surface area contributed by atoms with Crippen LogP contribution in [0.1, 0.15) is 0 Å². The van der Waals surface area contributed by atoms with Gasteiger partial charge in [-0.15, -0.1) is 0 Å². The first-order valence-corrected chi connectivity index (χ1v) is 2.22. The molecule has 0 radical (unpaired) electrons. The quantitative estimate of drug-likeness (QED) is 0.178. The Labute approximate surface area is 106 Å². The van der Waals surface area contributed by atoms with E-state index in [9.17, 15) is 0 Å². The van der Waals surface area contributed by atoms with Crippen molar-refractivity contribution in [1.82, 2.24) is 0 Å². The fourth-order valence-corrected chi connectivity index (χ4v) is 0. The van der Waals surface area contributed by atoms with E-state index in [-0.39, 0.29) is 67.9 Å². The standard InChI is InChI=1S/CN.K.Ni.H2O4S/c1-2;;;1-5(2,3)4/h;;;(H2,1,2,3,4)/q-1;+1;+2;/p-2. The zero-order valence-corrected chi connectivity index (χ0v) is 9.23. The molecular formula is CKNNiO4S. The summed E-state index contributed by atoms with van der Waals surface area (Å²) < 4.78 is 34.1. The number of hydrogen-bond donors (Lipinski definition) is 0. The molecule has 0 aromatic carbocycles. The third-order valence-corrected chi connectivity index (χ3v) is 0. The second kappa shape index (κ2) is 12.2. The summed E-state index contributed by atoms with van der Waals surface area (Å²) in [7, 11) is -5.17. The van der Waals surface area contributed by atoms with Gasteiger partial charge >= 0.3 is 67.9 Å². The Hall–Kier alpha value is 1.49. The average molecular weight is 220 g/mol. The molecule has 9 heavy (non-hydrogen) atoms. The zero-order chi connectivity index (χ0) is 6.50. The number of hydrogen-bond acceptors (Lipinski definition) is 5. The normalized spacial score (nSPS) is 6.67. The number of rotatable bonds is 0. The monoisotopic (exact) mass is 219 g/mol. The molecule has 0 saturated carbocycles. The van der Waals surface area contributed by atoms with Gasteiger partial charge in [0.2, 0.25) is 0 Å². The van der Waals surface area contributed by atoms with Crippen LogP contribution in [-0.4, -0.2) is 17.5 Å². The van der Waals surface area contributed by atoms with Gasteiger partial charge in [-0.2, -0.15) is 0 Å². The minimum absolute atomic E-state index is 0. The van der Waals surface area contributed by atoms with E-state index in [2.05, 4.69) is 0 Å². The molecule has 0 bridgehead atoms. The maximum Gasteiger partial charge on any atom is 2.00 e. The van der Waals surface area contributed by atoms with Crippen molar-refractivity contribution in [2.24, 2.45) is 0 Å². The average Bonchev–Trinajstić information content (AvgIpc) is 1.36. The summed E-state index contributed by atoms with van der Waals surface area (Å²) in [6.45, 7) is 4.75. The van der Waals surface area contributed by atoms with Gasteiger partial charge in [0.05, 0.1) is 0 Å². The van der Waals surface area contributed by atoms with E-state index in [0.717, 1.165) is 0 Å². The van der Waals surface area contributed by atoms with Crippen LogP contribution in [-0.2, 0) is 26.9 Å². The maximum atomic E-state index is 8.52. The molecule has 0 aliphatic heterocycles. The van der Waals surface area contributed by atoms with E-state index >= 15 is 0 Å². The molecular weight excluding hydrogens is 220 g/mol. The van der Waals surface area contributed by atoms with Crippen LogP contribution in [0, 0.1) is 11.8 Å². The molecule has 0 aromatic rings. The molecule has 0 saturated heterocycles. The van der Waals surface area contributed by atoms with E-state index in [1.54, 1.807) is 0 Å². The first-order chi connectivity index (χ1) is 3.00. The molecule has 0 heterocycles. The van der Waals surface area contributed by atoms with Crippen molar-refractivity contribution in [3.8, 4) is 0 Å². The van der Waals surface area contributed by atoms with Gasteiger partial charge in [0, 0.05) is 10.4 Å². The molecule has 0 aromatic heterocycles. The Kier molecular flexibility index (Phi) is 30.4. The predicted molar refractivity (Wildman–Crippen MR) is 15.4 cm³/mol. The minimum atomic E-state index is -5.17. The van der Waals surface area contributed by atoms with Crippen LogP contribution in [0.3, 0.4) is 0 Å². The topological polar surface area (TPSA) is 104 Å². The third-order valence-electron chi connectivity index (χ3n) is 0. The maximum absolute atomic E-state index is 8.52. The second-order valence-corrected chi connectivity index (χ2v) is 1.22.